The molecule has 0 bridgehead atoms. The highest BCUT2D eigenvalue weighted by atomic mass is 32.2. The van der Waals surface area contributed by atoms with Crippen molar-refractivity contribution in [2.75, 3.05) is 24.6 Å². The average Bonchev–Trinajstić information content (AvgIpc) is 2.76. The fraction of sp³-hybridized carbons (Fsp3) is 0.348. The topological polar surface area (TPSA) is 68.7 Å². The lowest BCUT2D eigenvalue weighted by Crippen LogP contribution is -2.48. The van der Waals surface area contributed by atoms with Crippen LogP contribution in [0.3, 0.4) is 0 Å². The lowest BCUT2D eigenvalue weighted by atomic mass is 10.1. The lowest BCUT2D eigenvalue weighted by molar-refractivity contribution is -0.136. The molecule has 0 spiro atoms. The van der Waals surface area contributed by atoms with Crippen molar-refractivity contribution < 1.29 is 30.5 Å². The molecule has 176 valence electrons. The van der Waals surface area contributed by atoms with Crippen molar-refractivity contribution in [3.05, 3.63) is 65.9 Å². The second kappa shape index (κ2) is 8.92. The number of aromatic nitrogens is 1. The molecule has 0 N–H and O–H groups in total. The first kappa shape index (κ1) is 23.5. The number of alkyl halides is 3. The first-order chi connectivity index (χ1) is 15.5. The van der Waals surface area contributed by atoms with Crippen LogP contribution in [0.1, 0.15) is 18.1 Å². The summed E-state index contributed by atoms with van der Waals surface area (Å²) in [6.45, 7) is 4.13. The van der Waals surface area contributed by atoms with Gasteiger partial charge in [0.05, 0.1) is 28.7 Å². The summed E-state index contributed by atoms with van der Waals surface area (Å²) in [7, 11) is -3.97. The molecule has 33 heavy (non-hydrogen) atoms. The quantitative estimate of drug-likeness (QED) is 0.499. The van der Waals surface area contributed by atoms with Crippen LogP contribution < -0.4 is 4.90 Å². The number of hydrogen-bond donors (Lipinski definition) is 0. The van der Waals surface area contributed by atoms with Crippen molar-refractivity contribution in [3.63, 3.8) is 0 Å². The summed E-state index contributed by atoms with van der Waals surface area (Å²) in [5, 5.41) is 0.369. The number of rotatable bonds is 5. The smallest absolute Gasteiger partial charge is 0.369 e. The van der Waals surface area contributed by atoms with Gasteiger partial charge in [-0.05, 0) is 50.2 Å². The van der Waals surface area contributed by atoms with E-state index in [1.807, 2.05) is 18.7 Å². The Morgan fingerprint density at radius 2 is 1.85 bits per heavy atom. The number of pyridine rings is 1. The Balaban J connectivity index is 1.56. The van der Waals surface area contributed by atoms with E-state index in [9.17, 15) is 21.6 Å². The van der Waals surface area contributed by atoms with E-state index in [2.05, 4.69) is 4.98 Å². The van der Waals surface area contributed by atoms with Gasteiger partial charge in [-0.1, -0.05) is 17.7 Å². The molecule has 1 aliphatic heterocycles. The summed E-state index contributed by atoms with van der Waals surface area (Å²) in [5.74, 6) is 0. The number of hydrogen-bond acceptors (Lipinski definition) is 6. The van der Waals surface area contributed by atoms with Crippen molar-refractivity contribution in [2.45, 2.75) is 37.1 Å². The molecule has 1 saturated heterocycles. The molecule has 1 aliphatic rings. The van der Waals surface area contributed by atoms with Gasteiger partial charge >= 0.3 is 6.18 Å². The molecule has 4 rings (SSSR count). The fourth-order valence-corrected chi connectivity index (χ4v) is 4.87. The van der Waals surface area contributed by atoms with Crippen LogP contribution >= 0.6 is 0 Å². The van der Waals surface area contributed by atoms with Gasteiger partial charge in [-0.2, -0.15) is 21.6 Å². The minimum Gasteiger partial charge on any atom is -0.369 e. The standard InChI is InChI=1S/C23H23F3N2O4S/c1-15-5-7-18(8-6-15)33(29,30)31-14-17-13-28(12-16(2)32-17)21-10-9-20(23(24,25)26)22-19(21)4-3-11-27-22/h3-11,16-17H,12-14H2,1-2H3/t16-,17-/m1/s1. The third kappa shape index (κ3) is 5.13. The van der Waals surface area contributed by atoms with E-state index in [1.165, 1.54) is 24.4 Å². The molecule has 0 radical (unpaired) electrons. The SMILES string of the molecule is Cc1ccc(S(=O)(=O)OC[C@H]2CN(c3ccc(C(F)(F)F)c4ncccc34)C[C@@H](C)O2)cc1. The number of morpholine rings is 1. The number of anilines is 1. The second-order valence-corrected chi connectivity index (χ2v) is 9.67. The molecular weight excluding hydrogens is 457 g/mol. The Morgan fingerprint density at radius 1 is 1.12 bits per heavy atom. The predicted octanol–water partition coefficient (Wildman–Crippen LogP) is 4.56. The van der Waals surface area contributed by atoms with Crippen LogP contribution in [0.4, 0.5) is 18.9 Å². The molecule has 1 fully saturated rings. The van der Waals surface area contributed by atoms with Crippen LogP contribution in [0.15, 0.2) is 59.6 Å². The van der Waals surface area contributed by atoms with Crippen molar-refractivity contribution in [1.82, 2.24) is 4.98 Å². The predicted molar refractivity (Wildman–Crippen MR) is 118 cm³/mol. The number of aryl methyl sites for hydroxylation is 1. The van der Waals surface area contributed by atoms with Gasteiger partial charge in [0.2, 0.25) is 0 Å². The first-order valence-corrected chi connectivity index (χ1v) is 11.8. The summed E-state index contributed by atoms with van der Waals surface area (Å²) in [4.78, 5) is 5.90. The average molecular weight is 481 g/mol. The van der Waals surface area contributed by atoms with Crippen LogP contribution in [0.2, 0.25) is 0 Å². The van der Waals surface area contributed by atoms with E-state index in [0.717, 1.165) is 11.6 Å². The summed E-state index contributed by atoms with van der Waals surface area (Å²) in [6, 6.07) is 11.9. The van der Waals surface area contributed by atoms with Crippen molar-refractivity contribution >= 4 is 26.7 Å². The summed E-state index contributed by atoms with van der Waals surface area (Å²) in [6.07, 6.45) is -4.08. The van der Waals surface area contributed by atoms with Gasteiger partial charge in [-0.3, -0.25) is 9.17 Å². The van der Waals surface area contributed by atoms with Gasteiger partial charge in [0, 0.05) is 30.4 Å². The molecule has 10 heteroatoms. The zero-order chi connectivity index (χ0) is 23.8. The summed E-state index contributed by atoms with van der Waals surface area (Å²) < 4.78 is 76.5. The van der Waals surface area contributed by atoms with Gasteiger partial charge < -0.3 is 9.64 Å². The molecule has 0 saturated carbocycles. The lowest BCUT2D eigenvalue weighted by Gasteiger charge is -2.38. The van der Waals surface area contributed by atoms with Gasteiger partial charge in [0.25, 0.3) is 10.1 Å². The summed E-state index contributed by atoms with van der Waals surface area (Å²) >= 11 is 0. The maximum absolute atomic E-state index is 13.4. The van der Waals surface area contributed by atoms with Crippen LogP contribution in [-0.2, 0) is 25.2 Å². The Morgan fingerprint density at radius 3 is 2.55 bits per heavy atom. The van der Waals surface area contributed by atoms with E-state index in [4.69, 9.17) is 8.92 Å². The molecule has 2 aromatic carbocycles. The fourth-order valence-electron chi connectivity index (χ4n) is 3.93. The van der Waals surface area contributed by atoms with E-state index in [-0.39, 0.29) is 29.7 Å². The third-order valence-electron chi connectivity index (χ3n) is 5.44. The highest BCUT2D eigenvalue weighted by Gasteiger charge is 2.35. The molecular formula is C23H23F3N2O4S. The van der Waals surface area contributed by atoms with Crippen LogP contribution in [0, 0.1) is 6.92 Å². The third-order valence-corrected chi connectivity index (χ3v) is 6.73. The molecule has 0 unspecified atom stereocenters. The highest BCUT2D eigenvalue weighted by molar-refractivity contribution is 7.86. The van der Waals surface area contributed by atoms with Crippen LogP contribution in [0.5, 0.6) is 0 Å². The number of halogens is 3. The maximum Gasteiger partial charge on any atom is 0.418 e. The van der Waals surface area contributed by atoms with E-state index < -0.39 is 28.0 Å². The Labute approximate surface area is 190 Å². The molecule has 2 atom stereocenters. The van der Waals surface area contributed by atoms with Crippen LogP contribution in [0.25, 0.3) is 10.9 Å². The first-order valence-electron chi connectivity index (χ1n) is 10.4. The molecule has 0 amide bonds. The van der Waals surface area contributed by atoms with E-state index >= 15 is 0 Å². The van der Waals surface area contributed by atoms with Crippen molar-refractivity contribution in [3.8, 4) is 0 Å². The molecule has 6 nitrogen and oxygen atoms in total. The zero-order valence-electron chi connectivity index (χ0n) is 18.0. The van der Waals surface area contributed by atoms with Crippen molar-refractivity contribution in [2.24, 2.45) is 0 Å². The van der Waals surface area contributed by atoms with Gasteiger partial charge in [-0.25, -0.2) is 0 Å². The minimum atomic E-state index is -4.52. The Bertz CT molecular complexity index is 1250. The van der Waals surface area contributed by atoms with Crippen LogP contribution in [-0.4, -0.2) is 45.3 Å². The van der Waals surface area contributed by atoms with Gasteiger partial charge in [0.15, 0.2) is 0 Å². The number of fused-ring (bicyclic) bond motifs is 1. The zero-order valence-corrected chi connectivity index (χ0v) is 18.9. The molecule has 3 aromatic rings. The normalized spacial score (nSPS) is 19.7. The van der Waals surface area contributed by atoms with Gasteiger partial charge in [0.1, 0.15) is 6.10 Å². The second-order valence-electron chi connectivity index (χ2n) is 8.05. The molecule has 1 aromatic heterocycles. The minimum absolute atomic E-state index is 0.0496. The molecule has 2 heterocycles. The van der Waals surface area contributed by atoms with Gasteiger partial charge in [-0.15, -0.1) is 0 Å². The number of benzene rings is 2. The number of ether oxygens (including phenoxy) is 1. The maximum atomic E-state index is 13.4. The number of nitrogens with zero attached hydrogens (tertiary/aromatic N) is 2. The summed E-state index contributed by atoms with van der Waals surface area (Å²) in [5.41, 5.74) is 0.573. The Hall–Kier alpha value is -2.69. The van der Waals surface area contributed by atoms with Crippen molar-refractivity contribution in [1.29, 1.82) is 0 Å². The largest absolute Gasteiger partial charge is 0.418 e. The van der Waals surface area contributed by atoms with E-state index in [1.54, 1.807) is 24.3 Å². The molecule has 0 aliphatic carbocycles. The highest BCUT2D eigenvalue weighted by Crippen LogP contribution is 2.38. The monoisotopic (exact) mass is 480 g/mol. The van der Waals surface area contributed by atoms with E-state index in [0.29, 0.717) is 17.6 Å². The Kier molecular flexibility index (Phi) is 6.35.